The number of hydrogen-bond donors (Lipinski definition) is 0. The SMILES string of the molecule is COCCCSc1nccn1-c1ccc(OC)cc1. The predicted molar refractivity (Wildman–Crippen MR) is 77.3 cm³/mol. The second-order valence-electron chi connectivity index (χ2n) is 3.97. The Morgan fingerprint density at radius 1 is 1.21 bits per heavy atom. The van der Waals surface area contributed by atoms with Crippen LogP contribution in [0.25, 0.3) is 5.69 Å². The minimum absolute atomic E-state index is 0.788. The number of benzene rings is 1. The van der Waals surface area contributed by atoms with E-state index in [0.717, 1.165) is 35.4 Å². The molecule has 0 saturated heterocycles. The van der Waals surface area contributed by atoms with Crippen LogP contribution in [0.4, 0.5) is 0 Å². The van der Waals surface area contributed by atoms with E-state index in [1.54, 1.807) is 26.0 Å². The Balaban J connectivity index is 2.05. The molecule has 2 aromatic rings. The Morgan fingerprint density at radius 2 is 2.00 bits per heavy atom. The third-order valence-electron chi connectivity index (χ3n) is 2.68. The fourth-order valence-corrected chi connectivity index (χ4v) is 2.59. The highest BCUT2D eigenvalue weighted by atomic mass is 32.2. The van der Waals surface area contributed by atoms with Gasteiger partial charge in [0.2, 0.25) is 0 Å². The molecule has 0 unspecified atom stereocenters. The summed E-state index contributed by atoms with van der Waals surface area (Å²) in [7, 11) is 3.40. The summed E-state index contributed by atoms with van der Waals surface area (Å²) in [6.07, 6.45) is 4.82. The Morgan fingerprint density at radius 3 is 2.68 bits per heavy atom. The molecule has 0 spiro atoms. The third kappa shape index (κ3) is 3.75. The number of nitrogens with zero attached hydrogens (tertiary/aromatic N) is 2. The fourth-order valence-electron chi connectivity index (χ4n) is 1.70. The lowest BCUT2D eigenvalue weighted by atomic mass is 10.3. The van der Waals surface area contributed by atoms with Crippen LogP contribution in [-0.2, 0) is 4.74 Å². The van der Waals surface area contributed by atoms with Gasteiger partial charge in [-0.25, -0.2) is 4.98 Å². The van der Waals surface area contributed by atoms with Crippen molar-refractivity contribution < 1.29 is 9.47 Å². The largest absolute Gasteiger partial charge is 0.497 e. The van der Waals surface area contributed by atoms with Gasteiger partial charge >= 0.3 is 0 Å². The number of imidazole rings is 1. The van der Waals surface area contributed by atoms with E-state index in [-0.39, 0.29) is 0 Å². The first-order valence-corrected chi connectivity index (χ1v) is 7.13. The average molecular weight is 278 g/mol. The molecule has 1 heterocycles. The van der Waals surface area contributed by atoms with Crippen molar-refractivity contribution in [3.8, 4) is 11.4 Å². The average Bonchev–Trinajstić information content (AvgIpc) is 2.92. The number of hydrogen-bond acceptors (Lipinski definition) is 4. The van der Waals surface area contributed by atoms with Crippen LogP contribution in [0, 0.1) is 0 Å². The van der Waals surface area contributed by atoms with Crippen LogP contribution in [0.3, 0.4) is 0 Å². The quantitative estimate of drug-likeness (QED) is 0.576. The molecule has 4 nitrogen and oxygen atoms in total. The lowest BCUT2D eigenvalue weighted by Crippen LogP contribution is -1.97. The van der Waals surface area contributed by atoms with Crippen LogP contribution in [0.15, 0.2) is 41.8 Å². The summed E-state index contributed by atoms with van der Waals surface area (Å²) in [5, 5.41) is 1.00. The molecule has 0 N–H and O–H groups in total. The highest BCUT2D eigenvalue weighted by molar-refractivity contribution is 7.99. The highest BCUT2D eigenvalue weighted by Crippen LogP contribution is 2.22. The zero-order chi connectivity index (χ0) is 13.5. The molecule has 0 atom stereocenters. The van der Waals surface area contributed by atoms with E-state index < -0.39 is 0 Å². The van der Waals surface area contributed by atoms with Gasteiger partial charge in [0.15, 0.2) is 5.16 Å². The van der Waals surface area contributed by atoms with Crippen LogP contribution in [0.5, 0.6) is 5.75 Å². The van der Waals surface area contributed by atoms with Gasteiger partial charge in [-0.15, -0.1) is 0 Å². The van der Waals surface area contributed by atoms with E-state index in [2.05, 4.69) is 9.55 Å². The molecule has 0 fully saturated rings. The molecular weight excluding hydrogens is 260 g/mol. The molecule has 0 amide bonds. The van der Waals surface area contributed by atoms with Crippen molar-refractivity contribution in [2.45, 2.75) is 11.6 Å². The van der Waals surface area contributed by atoms with Gasteiger partial charge in [0.25, 0.3) is 0 Å². The van der Waals surface area contributed by atoms with Crippen molar-refractivity contribution in [3.63, 3.8) is 0 Å². The van der Waals surface area contributed by atoms with Gasteiger partial charge in [-0.05, 0) is 30.7 Å². The van der Waals surface area contributed by atoms with Crippen molar-refractivity contribution in [1.82, 2.24) is 9.55 Å². The third-order valence-corrected chi connectivity index (χ3v) is 3.73. The predicted octanol–water partition coefficient (Wildman–Crippen LogP) is 3.01. The maximum absolute atomic E-state index is 5.16. The smallest absolute Gasteiger partial charge is 0.172 e. The normalized spacial score (nSPS) is 10.6. The molecule has 2 rings (SSSR count). The molecule has 102 valence electrons. The van der Waals surface area contributed by atoms with Crippen molar-refractivity contribution >= 4 is 11.8 Å². The van der Waals surface area contributed by atoms with E-state index in [0.29, 0.717) is 0 Å². The van der Waals surface area contributed by atoms with E-state index in [9.17, 15) is 0 Å². The number of ether oxygens (including phenoxy) is 2. The van der Waals surface area contributed by atoms with Gasteiger partial charge in [0.1, 0.15) is 5.75 Å². The molecule has 0 bridgehead atoms. The van der Waals surface area contributed by atoms with Crippen LogP contribution >= 0.6 is 11.8 Å². The standard InChI is InChI=1S/C14H18N2O2S/c1-17-10-3-11-19-14-15-8-9-16(14)12-4-6-13(18-2)7-5-12/h4-9H,3,10-11H2,1-2H3. The summed E-state index contributed by atoms with van der Waals surface area (Å²) in [6, 6.07) is 7.96. The maximum Gasteiger partial charge on any atom is 0.172 e. The molecule has 0 aliphatic rings. The first kappa shape index (κ1) is 14.0. The molecule has 1 aromatic heterocycles. The van der Waals surface area contributed by atoms with Gasteiger partial charge < -0.3 is 9.47 Å². The monoisotopic (exact) mass is 278 g/mol. The van der Waals surface area contributed by atoms with E-state index in [4.69, 9.17) is 9.47 Å². The summed E-state index contributed by atoms with van der Waals surface area (Å²) < 4.78 is 12.3. The Kier molecular flexibility index (Phi) is 5.30. The van der Waals surface area contributed by atoms with Gasteiger partial charge in [-0.1, -0.05) is 11.8 Å². The zero-order valence-corrected chi connectivity index (χ0v) is 12.0. The molecule has 0 saturated carbocycles. The second kappa shape index (κ2) is 7.21. The topological polar surface area (TPSA) is 36.3 Å². The minimum Gasteiger partial charge on any atom is -0.497 e. The summed E-state index contributed by atoms with van der Waals surface area (Å²) in [6.45, 7) is 0.788. The number of thioether (sulfide) groups is 1. The van der Waals surface area contributed by atoms with Crippen LogP contribution in [0.2, 0.25) is 0 Å². The molecular formula is C14H18N2O2S. The lowest BCUT2D eigenvalue weighted by molar-refractivity contribution is 0.200. The molecule has 0 aliphatic heterocycles. The maximum atomic E-state index is 5.16. The van der Waals surface area contributed by atoms with Gasteiger partial charge in [0.05, 0.1) is 7.11 Å². The summed E-state index contributed by atoms with van der Waals surface area (Å²) in [4.78, 5) is 4.39. The fraction of sp³-hybridized carbons (Fsp3) is 0.357. The van der Waals surface area contributed by atoms with Crippen LogP contribution in [0.1, 0.15) is 6.42 Å². The lowest BCUT2D eigenvalue weighted by Gasteiger charge is -2.08. The van der Waals surface area contributed by atoms with Gasteiger partial charge in [0, 0.05) is 37.6 Å². The first-order chi connectivity index (χ1) is 9.35. The Hall–Kier alpha value is -1.46. The van der Waals surface area contributed by atoms with E-state index >= 15 is 0 Å². The molecule has 1 aromatic carbocycles. The number of rotatable bonds is 7. The van der Waals surface area contributed by atoms with E-state index in [1.807, 2.05) is 36.7 Å². The van der Waals surface area contributed by atoms with Crippen molar-refractivity contribution in [3.05, 3.63) is 36.7 Å². The molecule has 19 heavy (non-hydrogen) atoms. The second-order valence-corrected chi connectivity index (χ2v) is 5.03. The van der Waals surface area contributed by atoms with Crippen molar-refractivity contribution in [2.24, 2.45) is 0 Å². The summed E-state index contributed by atoms with van der Waals surface area (Å²) >= 11 is 1.74. The highest BCUT2D eigenvalue weighted by Gasteiger charge is 2.05. The van der Waals surface area contributed by atoms with E-state index in [1.165, 1.54) is 0 Å². The van der Waals surface area contributed by atoms with Gasteiger partial charge in [-0.3, -0.25) is 4.57 Å². The minimum atomic E-state index is 0.788. The zero-order valence-electron chi connectivity index (χ0n) is 11.2. The van der Waals surface area contributed by atoms with Gasteiger partial charge in [-0.2, -0.15) is 0 Å². The Bertz CT molecular complexity index is 496. The molecule has 0 aliphatic carbocycles. The molecule has 0 radical (unpaired) electrons. The summed E-state index contributed by atoms with van der Waals surface area (Å²) in [5.41, 5.74) is 1.09. The van der Waals surface area contributed by atoms with Crippen molar-refractivity contribution in [1.29, 1.82) is 0 Å². The van der Waals surface area contributed by atoms with Crippen LogP contribution < -0.4 is 4.74 Å². The number of aromatic nitrogens is 2. The van der Waals surface area contributed by atoms with Crippen molar-refractivity contribution in [2.75, 3.05) is 26.6 Å². The Labute approximate surface area is 117 Å². The molecule has 5 heteroatoms. The number of methoxy groups -OCH3 is 2. The summed E-state index contributed by atoms with van der Waals surface area (Å²) in [5.74, 6) is 1.86. The first-order valence-electron chi connectivity index (χ1n) is 6.14. The van der Waals surface area contributed by atoms with Crippen LogP contribution in [-0.4, -0.2) is 36.1 Å².